The Labute approximate surface area is 132 Å². The molecule has 1 atom stereocenters. The van der Waals surface area contributed by atoms with E-state index in [9.17, 15) is 0 Å². The van der Waals surface area contributed by atoms with Gasteiger partial charge in [-0.15, -0.1) is 0 Å². The number of nitrogens with two attached hydrogens (primary N) is 1. The number of benzene rings is 2. The predicted octanol–water partition coefficient (Wildman–Crippen LogP) is 4.28. The number of hydrogen-bond donors (Lipinski definition) is 1. The standard InChI is InChI=1S/C16H18BrNO3/c1-10(18)12-8-7-11(9-13(12)17)21-16-14(19-2)5-4-6-15(16)20-3/h4-10H,18H2,1-3H3/t10-/m1/s1. The Balaban J connectivity index is 2.36. The first-order chi connectivity index (χ1) is 10.1. The lowest BCUT2D eigenvalue weighted by Crippen LogP contribution is -2.05. The Morgan fingerprint density at radius 2 is 1.67 bits per heavy atom. The molecule has 0 aliphatic carbocycles. The van der Waals surface area contributed by atoms with Gasteiger partial charge in [-0.05, 0) is 36.8 Å². The van der Waals surface area contributed by atoms with Gasteiger partial charge in [-0.1, -0.05) is 28.1 Å². The molecule has 0 aliphatic heterocycles. The molecule has 0 bridgehead atoms. The van der Waals surface area contributed by atoms with E-state index < -0.39 is 0 Å². The van der Waals surface area contributed by atoms with E-state index in [1.54, 1.807) is 14.2 Å². The van der Waals surface area contributed by atoms with Crippen molar-refractivity contribution in [1.82, 2.24) is 0 Å². The van der Waals surface area contributed by atoms with Crippen molar-refractivity contribution in [2.75, 3.05) is 14.2 Å². The monoisotopic (exact) mass is 351 g/mol. The molecule has 0 fully saturated rings. The molecule has 112 valence electrons. The molecule has 2 rings (SSSR count). The van der Waals surface area contributed by atoms with E-state index in [1.165, 1.54) is 0 Å². The average Bonchev–Trinajstić information content (AvgIpc) is 2.47. The molecule has 0 saturated heterocycles. The predicted molar refractivity (Wildman–Crippen MR) is 86.4 cm³/mol. The minimum Gasteiger partial charge on any atom is -0.493 e. The normalized spacial score (nSPS) is 11.9. The SMILES string of the molecule is COc1cccc(OC)c1Oc1ccc([C@@H](C)N)c(Br)c1. The van der Waals surface area contributed by atoms with Crippen molar-refractivity contribution in [1.29, 1.82) is 0 Å². The quantitative estimate of drug-likeness (QED) is 0.873. The summed E-state index contributed by atoms with van der Waals surface area (Å²) in [5, 5.41) is 0. The van der Waals surface area contributed by atoms with E-state index in [0.717, 1.165) is 10.0 Å². The molecule has 0 radical (unpaired) electrons. The van der Waals surface area contributed by atoms with Crippen molar-refractivity contribution in [3.05, 3.63) is 46.4 Å². The molecule has 0 aromatic heterocycles. The number of para-hydroxylation sites is 1. The fourth-order valence-electron chi connectivity index (χ4n) is 1.98. The van der Waals surface area contributed by atoms with Gasteiger partial charge in [0.2, 0.25) is 5.75 Å². The zero-order valence-electron chi connectivity index (χ0n) is 12.2. The second-order valence-electron chi connectivity index (χ2n) is 4.57. The van der Waals surface area contributed by atoms with Gasteiger partial charge in [0.1, 0.15) is 5.75 Å². The van der Waals surface area contributed by atoms with Crippen LogP contribution in [0.5, 0.6) is 23.0 Å². The van der Waals surface area contributed by atoms with Crippen molar-refractivity contribution in [2.24, 2.45) is 5.73 Å². The van der Waals surface area contributed by atoms with Crippen molar-refractivity contribution in [3.63, 3.8) is 0 Å². The largest absolute Gasteiger partial charge is 0.493 e. The maximum Gasteiger partial charge on any atom is 0.210 e. The Hall–Kier alpha value is -1.72. The van der Waals surface area contributed by atoms with Crippen LogP contribution in [0.2, 0.25) is 0 Å². The summed E-state index contributed by atoms with van der Waals surface area (Å²) < 4.78 is 17.5. The van der Waals surface area contributed by atoms with Gasteiger partial charge in [0.15, 0.2) is 11.5 Å². The van der Waals surface area contributed by atoms with Crippen molar-refractivity contribution < 1.29 is 14.2 Å². The van der Waals surface area contributed by atoms with Crippen LogP contribution in [0, 0.1) is 0 Å². The van der Waals surface area contributed by atoms with Gasteiger partial charge < -0.3 is 19.9 Å². The Morgan fingerprint density at radius 1 is 1.05 bits per heavy atom. The lowest BCUT2D eigenvalue weighted by molar-refractivity contribution is 0.346. The van der Waals surface area contributed by atoms with Gasteiger partial charge in [0.05, 0.1) is 14.2 Å². The summed E-state index contributed by atoms with van der Waals surface area (Å²) in [6.07, 6.45) is 0. The van der Waals surface area contributed by atoms with E-state index in [1.807, 2.05) is 43.3 Å². The minimum atomic E-state index is -0.0470. The van der Waals surface area contributed by atoms with Gasteiger partial charge in [-0.25, -0.2) is 0 Å². The topological polar surface area (TPSA) is 53.7 Å². The molecule has 0 unspecified atom stereocenters. The number of hydrogen-bond acceptors (Lipinski definition) is 4. The van der Waals surface area contributed by atoms with Crippen molar-refractivity contribution >= 4 is 15.9 Å². The van der Waals surface area contributed by atoms with Gasteiger partial charge in [-0.3, -0.25) is 0 Å². The van der Waals surface area contributed by atoms with Crippen LogP contribution in [0.25, 0.3) is 0 Å². The van der Waals surface area contributed by atoms with E-state index in [-0.39, 0.29) is 6.04 Å². The van der Waals surface area contributed by atoms with Crippen LogP contribution in [-0.4, -0.2) is 14.2 Å². The average molecular weight is 352 g/mol. The molecule has 5 heteroatoms. The Kier molecular flexibility index (Phi) is 5.09. The fraction of sp³-hybridized carbons (Fsp3) is 0.250. The molecule has 2 aromatic carbocycles. The Bertz CT molecular complexity index is 607. The molecule has 0 saturated carbocycles. The third kappa shape index (κ3) is 3.49. The number of ether oxygens (including phenoxy) is 3. The lowest BCUT2D eigenvalue weighted by Gasteiger charge is -2.15. The number of halogens is 1. The number of methoxy groups -OCH3 is 2. The van der Waals surface area contributed by atoms with Crippen molar-refractivity contribution in [3.8, 4) is 23.0 Å². The van der Waals surface area contributed by atoms with Crippen LogP contribution < -0.4 is 19.9 Å². The van der Waals surface area contributed by atoms with E-state index >= 15 is 0 Å². The smallest absolute Gasteiger partial charge is 0.210 e. The Morgan fingerprint density at radius 3 is 2.14 bits per heavy atom. The summed E-state index contributed by atoms with van der Waals surface area (Å²) in [7, 11) is 3.19. The second-order valence-corrected chi connectivity index (χ2v) is 5.42. The molecule has 4 nitrogen and oxygen atoms in total. The summed E-state index contributed by atoms with van der Waals surface area (Å²) in [5.41, 5.74) is 6.92. The molecule has 2 N–H and O–H groups in total. The van der Waals surface area contributed by atoms with E-state index in [0.29, 0.717) is 23.0 Å². The summed E-state index contributed by atoms with van der Waals surface area (Å²) in [5.74, 6) is 2.44. The molecular formula is C16H18BrNO3. The van der Waals surface area contributed by atoms with Crippen LogP contribution >= 0.6 is 15.9 Å². The third-order valence-electron chi connectivity index (χ3n) is 3.07. The molecule has 21 heavy (non-hydrogen) atoms. The van der Waals surface area contributed by atoms with Gasteiger partial charge in [0, 0.05) is 10.5 Å². The van der Waals surface area contributed by atoms with Crippen LogP contribution in [0.3, 0.4) is 0 Å². The first kappa shape index (κ1) is 15.7. The maximum atomic E-state index is 5.92. The summed E-state index contributed by atoms with van der Waals surface area (Å²) >= 11 is 3.51. The highest BCUT2D eigenvalue weighted by atomic mass is 79.9. The molecule has 0 aliphatic rings. The zero-order valence-corrected chi connectivity index (χ0v) is 13.8. The molecule has 0 heterocycles. The maximum absolute atomic E-state index is 5.92. The second kappa shape index (κ2) is 6.83. The van der Waals surface area contributed by atoms with Crippen LogP contribution in [0.4, 0.5) is 0 Å². The van der Waals surface area contributed by atoms with Crippen LogP contribution in [0.15, 0.2) is 40.9 Å². The summed E-state index contributed by atoms with van der Waals surface area (Å²) in [6.45, 7) is 1.93. The van der Waals surface area contributed by atoms with Gasteiger partial charge >= 0.3 is 0 Å². The van der Waals surface area contributed by atoms with Crippen molar-refractivity contribution in [2.45, 2.75) is 13.0 Å². The highest BCUT2D eigenvalue weighted by Crippen LogP contribution is 2.40. The summed E-state index contributed by atoms with van der Waals surface area (Å²) in [6, 6.07) is 11.1. The van der Waals surface area contributed by atoms with Gasteiger partial charge in [-0.2, -0.15) is 0 Å². The minimum absolute atomic E-state index is 0.0470. The van der Waals surface area contributed by atoms with E-state index in [4.69, 9.17) is 19.9 Å². The molecular weight excluding hydrogens is 334 g/mol. The molecule has 2 aromatic rings. The van der Waals surface area contributed by atoms with Gasteiger partial charge in [0.25, 0.3) is 0 Å². The zero-order chi connectivity index (χ0) is 15.4. The van der Waals surface area contributed by atoms with Crippen LogP contribution in [0.1, 0.15) is 18.5 Å². The highest BCUT2D eigenvalue weighted by Gasteiger charge is 2.13. The molecule has 0 amide bonds. The third-order valence-corrected chi connectivity index (χ3v) is 3.75. The highest BCUT2D eigenvalue weighted by molar-refractivity contribution is 9.10. The number of rotatable bonds is 5. The first-order valence-corrected chi connectivity index (χ1v) is 7.30. The summed E-state index contributed by atoms with van der Waals surface area (Å²) in [4.78, 5) is 0. The fourth-order valence-corrected chi connectivity index (χ4v) is 2.70. The van der Waals surface area contributed by atoms with Crippen LogP contribution in [-0.2, 0) is 0 Å². The van der Waals surface area contributed by atoms with E-state index in [2.05, 4.69) is 15.9 Å². The first-order valence-electron chi connectivity index (χ1n) is 6.50. The molecule has 0 spiro atoms. The lowest BCUT2D eigenvalue weighted by atomic mass is 10.1.